The second-order valence-electron chi connectivity index (χ2n) is 6.03. The zero-order chi connectivity index (χ0) is 18.0. The first-order valence-electron chi connectivity index (χ1n) is 8.04. The van der Waals surface area contributed by atoms with E-state index in [1.807, 2.05) is 30.7 Å². The number of hydrogen-bond acceptors (Lipinski definition) is 3. The Morgan fingerprint density at radius 3 is 2.60 bits per heavy atom. The normalized spacial score (nSPS) is 10.9. The van der Waals surface area contributed by atoms with Crippen molar-refractivity contribution in [3.8, 4) is 11.3 Å². The van der Waals surface area contributed by atoms with Crippen LogP contribution in [0, 0.1) is 26.6 Å². The van der Waals surface area contributed by atoms with E-state index >= 15 is 0 Å². The number of benzene rings is 1. The molecule has 0 saturated heterocycles. The molecule has 6 heteroatoms. The number of amides is 1. The van der Waals surface area contributed by atoms with Crippen molar-refractivity contribution in [3.63, 3.8) is 0 Å². The Kier molecular flexibility index (Phi) is 4.99. The van der Waals surface area contributed by atoms with Gasteiger partial charge in [0.15, 0.2) is 0 Å². The monoisotopic (exact) mass is 357 g/mol. The summed E-state index contributed by atoms with van der Waals surface area (Å²) in [6, 6.07) is 8.19. The van der Waals surface area contributed by atoms with Crippen molar-refractivity contribution in [2.45, 2.75) is 33.9 Å². The maximum Gasteiger partial charge on any atom is 0.240 e. The quantitative estimate of drug-likeness (QED) is 0.750. The van der Waals surface area contributed by atoms with Gasteiger partial charge >= 0.3 is 0 Å². The molecule has 1 amide bonds. The molecule has 4 nitrogen and oxygen atoms in total. The molecule has 1 aromatic carbocycles. The van der Waals surface area contributed by atoms with Gasteiger partial charge in [-0.05, 0) is 44.5 Å². The van der Waals surface area contributed by atoms with Gasteiger partial charge in [0.05, 0.1) is 10.7 Å². The molecular weight excluding hydrogens is 337 g/mol. The van der Waals surface area contributed by atoms with Gasteiger partial charge in [0, 0.05) is 28.9 Å². The van der Waals surface area contributed by atoms with Crippen LogP contribution in [0.3, 0.4) is 0 Å². The molecular formula is C19H20FN3OS. The molecule has 3 aromatic rings. The Hall–Kier alpha value is -2.47. The minimum absolute atomic E-state index is 0.0767. The summed E-state index contributed by atoms with van der Waals surface area (Å²) in [6.45, 7) is 6.61. The van der Waals surface area contributed by atoms with E-state index in [-0.39, 0.29) is 18.3 Å². The predicted molar refractivity (Wildman–Crippen MR) is 98.0 cm³/mol. The van der Waals surface area contributed by atoms with E-state index in [0.717, 1.165) is 33.2 Å². The number of carbonyl (C=O) groups excluding carboxylic acids is 1. The van der Waals surface area contributed by atoms with Crippen LogP contribution in [0.25, 0.3) is 11.3 Å². The van der Waals surface area contributed by atoms with E-state index in [4.69, 9.17) is 0 Å². The van der Waals surface area contributed by atoms with Crippen LogP contribution in [0.4, 0.5) is 4.39 Å². The predicted octanol–water partition coefficient (Wildman–Crippen LogP) is 3.99. The van der Waals surface area contributed by atoms with E-state index in [9.17, 15) is 9.18 Å². The third-order valence-corrected chi connectivity index (χ3v) is 4.95. The molecule has 2 heterocycles. The maximum absolute atomic E-state index is 12.9. The lowest BCUT2D eigenvalue weighted by atomic mass is 10.2. The number of nitrogens with zero attached hydrogens (tertiary/aromatic N) is 2. The molecule has 0 radical (unpaired) electrons. The Morgan fingerprint density at radius 1 is 1.24 bits per heavy atom. The van der Waals surface area contributed by atoms with E-state index in [1.165, 1.54) is 12.1 Å². The molecule has 2 aromatic heterocycles. The zero-order valence-electron chi connectivity index (χ0n) is 14.5. The van der Waals surface area contributed by atoms with Crippen molar-refractivity contribution >= 4 is 17.2 Å². The van der Waals surface area contributed by atoms with Crippen LogP contribution >= 0.6 is 11.3 Å². The van der Waals surface area contributed by atoms with Crippen molar-refractivity contribution in [3.05, 3.63) is 63.5 Å². The van der Waals surface area contributed by atoms with Crippen molar-refractivity contribution in [1.29, 1.82) is 0 Å². The van der Waals surface area contributed by atoms with Gasteiger partial charge in [-0.2, -0.15) is 0 Å². The maximum atomic E-state index is 12.9. The SMILES string of the molecule is Cc1nc(-c2cc(C)n(CC(=O)NCc3ccc(F)cc3)c2C)cs1. The highest BCUT2D eigenvalue weighted by Gasteiger charge is 2.15. The highest BCUT2D eigenvalue weighted by molar-refractivity contribution is 7.09. The van der Waals surface area contributed by atoms with E-state index < -0.39 is 0 Å². The number of rotatable bonds is 5. The van der Waals surface area contributed by atoms with Gasteiger partial charge in [0.1, 0.15) is 12.4 Å². The lowest BCUT2D eigenvalue weighted by molar-refractivity contribution is -0.121. The van der Waals surface area contributed by atoms with Gasteiger partial charge in [0.2, 0.25) is 5.91 Å². The molecule has 25 heavy (non-hydrogen) atoms. The topological polar surface area (TPSA) is 46.9 Å². The summed E-state index contributed by atoms with van der Waals surface area (Å²) in [7, 11) is 0. The summed E-state index contributed by atoms with van der Waals surface area (Å²) in [4.78, 5) is 16.8. The molecule has 0 unspecified atom stereocenters. The molecule has 130 valence electrons. The molecule has 0 fully saturated rings. The van der Waals surface area contributed by atoms with Gasteiger partial charge in [-0.25, -0.2) is 9.37 Å². The second kappa shape index (κ2) is 7.19. The van der Waals surface area contributed by atoms with Crippen molar-refractivity contribution < 1.29 is 9.18 Å². The number of aromatic nitrogens is 2. The zero-order valence-corrected chi connectivity index (χ0v) is 15.3. The highest BCUT2D eigenvalue weighted by atomic mass is 32.1. The molecule has 0 aliphatic carbocycles. The summed E-state index contributed by atoms with van der Waals surface area (Å²) in [5.41, 5.74) is 4.94. The number of hydrogen-bond donors (Lipinski definition) is 1. The number of halogens is 1. The Labute approximate surface area is 150 Å². The van der Waals surface area contributed by atoms with Crippen LogP contribution in [0.1, 0.15) is 22.0 Å². The number of thiazole rings is 1. The second-order valence-corrected chi connectivity index (χ2v) is 7.09. The molecule has 0 spiro atoms. The summed E-state index contributed by atoms with van der Waals surface area (Å²) in [5.74, 6) is -0.356. The first-order valence-corrected chi connectivity index (χ1v) is 8.92. The average molecular weight is 357 g/mol. The number of carbonyl (C=O) groups is 1. The van der Waals surface area contributed by atoms with Crippen LogP contribution in [-0.2, 0) is 17.9 Å². The smallest absolute Gasteiger partial charge is 0.240 e. The molecule has 0 aliphatic rings. The van der Waals surface area contributed by atoms with Crippen LogP contribution < -0.4 is 5.32 Å². The molecule has 3 rings (SSSR count). The third-order valence-electron chi connectivity index (χ3n) is 4.17. The van der Waals surface area contributed by atoms with Crippen LogP contribution in [0.15, 0.2) is 35.7 Å². The number of nitrogens with one attached hydrogen (secondary N) is 1. The van der Waals surface area contributed by atoms with Gasteiger partial charge < -0.3 is 9.88 Å². The van der Waals surface area contributed by atoms with Crippen LogP contribution in [0.5, 0.6) is 0 Å². The van der Waals surface area contributed by atoms with Gasteiger partial charge in [-0.1, -0.05) is 12.1 Å². The van der Waals surface area contributed by atoms with Crippen molar-refractivity contribution in [1.82, 2.24) is 14.9 Å². The molecule has 0 bridgehead atoms. The van der Waals surface area contributed by atoms with Crippen LogP contribution in [-0.4, -0.2) is 15.5 Å². The van der Waals surface area contributed by atoms with Gasteiger partial charge in [0.25, 0.3) is 0 Å². The van der Waals surface area contributed by atoms with Crippen molar-refractivity contribution in [2.24, 2.45) is 0 Å². The lowest BCUT2D eigenvalue weighted by Crippen LogP contribution is -2.27. The highest BCUT2D eigenvalue weighted by Crippen LogP contribution is 2.27. The first kappa shape index (κ1) is 17.4. The fraction of sp³-hybridized carbons (Fsp3) is 0.263. The van der Waals surface area contributed by atoms with E-state index in [2.05, 4.69) is 16.4 Å². The minimum atomic E-state index is -0.279. The molecule has 0 atom stereocenters. The summed E-state index contributed by atoms with van der Waals surface area (Å²) >= 11 is 1.62. The standard InChI is InChI=1S/C19H20FN3OS/c1-12-8-17(18-11-25-14(3)22-18)13(2)23(12)10-19(24)21-9-15-4-6-16(20)7-5-15/h4-8,11H,9-10H2,1-3H3,(H,21,24). The summed E-state index contributed by atoms with van der Waals surface area (Å²) in [5, 5.41) is 5.94. The minimum Gasteiger partial charge on any atom is -0.350 e. The average Bonchev–Trinajstić information content (AvgIpc) is 3.12. The lowest BCUT2D eigenvalue weighted by Gasteiger charge is -2.10. The van der Waals surface area contributed by atoms with Crippen LogP contribution in [0.2, 0.25) is 0 Å². The summed E-state index contributed by atoms with van der Waals surface area (Å²) < 4.78 is 14.9. The van der Waals surface area contributed by atoms with Gasteiger partial charge in [-0.3, -0.25) is 4.79 Å². The largest absolute Gasteiger partial charge is 0.350 e. The first-order chi connectivity index (χ1) is 11.9. The fourth-order valence-corrected chi connectivity index (χ4v) is 3.41. The fourth-order valence-electron chi connectivity index (χ4n) is 2.79. The Balaban J connectivity index is 1.69. The van der Waals surface area contributed by atoms with E-state index in [1.54, 1.807) is 23.5 Å². The summed E-state index contributed by atoms with van der Waals surface area (Å²) in [6.07, 6.45) is 0. The molecule has 1 N–H and O–H groups in total. The Bertz CT molecular complexity index is 896. The number of aryl methyl sites for hydroxylation is 2. The Morgan fingerprint density at radius 2 is 1.96 bits per heavy atom. The van der Waals surface area contributed by atoms with Crippen molar-refractivity contribution in [2.75, 3.05) is 0 Å². The van der Waals surface area contributed by atoms with E-state index in [0.29, 0.717) is 6.54 Å². The third kappa shape index (κ3) is 3.96. The molecule has 0 saturated carbocycles. The molecule has 0 aliphatic heterocycles. The van der Waals surface area contributed by atoms with Gasteiger partial charge in [-0.15, -0.1) is 11.3 Å².